The van der Waals surface area contributed by atoms with Gasteiger partial charge < -0.3 is 10.6 Å². The molecule has 94 valence electrons. The predicted molar refractivity (Wildman–Crippen MR) is 71.2 cm³/mol. The van der Waals surface area contributed by atoms with Crippen LogP contribution < -0.4 is 10.6 Å². The largest absolute Gasteiger partial charge is 0.353 e. The zero-order valence-corrected chi connectivity index (χ0v) is 11.1. The second-order valence-electron chi connectivity index (χ2n) is 4.72. The third-order valence-corrected chi connectivity index (χ3v) is 4.08. The Labute approximate surface area is 107 Å². The molecule has 1 aliphatic rings. The molecule has 17 heavy (non-hydrogen) atoms. The van der Waals surface area contributed by atoms with E-state index in [-0.39, 0.29) is 17.9 Å². The predicted octanol–water partition coefficient (Wildman–Crippen LogP) is 1.79. The second-order valence-corrected chi connectivity index (χ2v) is 5.75. The summed E-state index contributed by atoms with van der Waals surface area (Å²) >= 11 is 1.75. The van der Waals surface area contributed by atoms with Crippen LogP contribution in [0.3, 0.4) is 0 Å². The summed E-state index contributed by atoms with van der Waals surface area (Å²) in [6, 6.07) is 4.41. The third-order valence-electron chi connectivity index (χ3n) is 3.19. The van der Waals surface area contributed by atoms with Crippen molar-refractivity contribution in [3.05, 3.63) is 22.4 Å². The molecule has 1 unspecified atom stereocenters. The molecule has 1 aliphatic heterocycles. The van der Waals surface area contributed by atoms with Crippen molar-refractivity contribution in [3.8, 4) is 0 Å². The van der Waals surface area contributed by atoms with Crippen LogP contribution in [0.1, 0.15) is 24.6 Å². The Morgan fingerprint density at radius 1 is 1.59 bits per heavy atom. The van der Waals surface area contributed by atoms with Gasteiger partial charge in [-0.25, -0.2) is 0 Å². The minimum absolute atomic E-state index is 0.210. The molecular weight excluding hydrogens is 232 g/mol. The average molecular weight is 252 g/mol. The van der Waals surface area contributed by atoms with Crippen molar-refractivity contribution >= 4 is 17.2 Å². The van der Waals surface area contributed by atoms with E-state index in [1.165, 1.54) is 4.88 Å². The highest BCUT2D eigenvalue weighted by Gasteiger charge is 2.21. The molecule has 2 N–H and O–H groups in total. The highest BCUT2D eigenvalue weighted by atomic mass is 32.1. The normalized spacial score (nSPS) is 18.9. The molecule has 3 nitrogen and oxygen atoms in total. The van der Waals surface area contributed by atoms with Gasteiger partial charge in [-0.2, -0.15) is 0 Å². The van der Waals surface area contributed by atoms with Crippen LogP contribution in [0.4, 0.5) is 0 Å². The Hall–Kier alpha value is -0.870. The first-order valence-electron chi connectivity index (χ1n) is 6.29. The maximum Gasteiger partial charge on any atom is 0.223 e. The topological polar surface area (TPSA) is 41.1 Å². The van der Waals surface area contributed by atoms with E-state index in [1.54, 1.807) is 11.3 Å². The summed E-state index contributed by atoms with van der Waals surface area (Å²) < 4.78 is 0. The standard InChI is InChI=1S/C13H20N2OS/c1-10(9-12-3-2-8-17-12)15-13(16)11-4-6-14-7-5-11/h2-3,8,10-11,14H,4-7,9H2,1H3,(H,15,16). The van der Waals surface area contributed by atoms with Crippen molar-refractivity contribution in [2.45, 2.75) is 32.2 Å². The van der Waals surface area contributed by atoms with E-state index in [4.69, 9.17) is 0 Å². The number of amides is 1. The van der Waals surface area contributed by atoms with Crippen molar-refractivity contribution in [3.63, 3.8) is 0 Å². The van der Waals surface area contributed by atoms with E-state index in [0.717, 1.165) is 32.4 Å². The highest BCUT2D eigenvalue weighted by Crippen LogP contribution is 2.14. The molecule has 2 rings (SSSR count). The first kappa shape index (κ1) is 12.6. The summed E-state index contributed by atoms with van der Waals surface area (Å²) in [4.78, 5) is 13.3. The number of carbonyl (C=O) groups is 1. The van der Waals surface area contributed by atoms with Gasteiger partial charge in [0.2, 0.25) is 5.91 Å². The van der Waals surface area contributed by atoms with Crippen LogP contribution in [-0.2, 0) is 11.2 Å². The SMILES string of the molecule is CC(Cc1cccs1)NC(=O)C1CCNCC1. The Balaban J connectivity index is 1.77. The first-order chi connectivity index (χ1) is 8.25. The number of carbonyl (C=O) groups excluding carboxylic acids is 1. The van der Waals surface area contributed by atoms with E-state index < -0.39 is 0 Å². The molecule has 2 heterocycles. The van der Waals surface area contributed by atoms with Gasteiger partial charge in [0.05, 0.1) is 0 Å². The minimum Gasteiger partial charge on any atom is -0.353 e. The van der Waals surface area contributed by atoms with Crippen LogP contribution in [-0.4, -0.2) is 25.0 Å². The summed E-state index contributed by atoms with van der Waals surface area (Å²) in [5.41, 5.74) is 0. The second kappa shape index (κ2) is 6.17. The van der Waals surface area contributed by atoms with Gasteiger partial charge in [0.25, 0.3) is 0 Å². The molecule has 1 aromatic rings. The van der Waals surface area contributed by atoms with Gasteiger partial charge in [0, 0.05) is 23.3 Å². The lowest BCUT2D eigenvalue weighted by Crippen LogP contribution is -2.42. The quantitative estimate of drug-likeness (QED) is 0.858. The molecule has 1 atom stereocenters. The van der Waals surface area contributed by atoms with Crippen LogP contribution in [0.5, 0.6) is 0 Å². The number of nitrogens with one attached hydrogen (secondary N) is 2. The zero-order valence-electron chi connectivity index (χ0n) is 10.2. The molecule has 0 aliphatic carbocycles. The Morgan fingerprint density at radius 3 is 3.00 bits per heavy atom. The molecule has 0 bridgehead atoms. The lowest BCUT2D eigenvalue weighted by Gasteiger charge is -2.23. The van der Waals surface area contributed by atoms with E-state index >= 15 is 0 Å². The summed E-state index contributed by atoms with van der Waals surface area (Å²) in [6.45, 7) is 4.02. The summed E-state index contributed by atoms with van der Waals surface area (Å²) in [5.74, 6) is 0.442. The van der Waals surface area contributed by atoms with Gasteiger partial charge in [0.15, 0.2) is 0 Å². The maximum absolute atomic E-state index is 12.0. The number of hydrogen-bond acceptors (Lipinski definition) is 3. The fourth-order valence-corrected chi connectivity index (χ4v) is 3.06. The number of rotatable bonds is 4. The third kappa shape index (κ3) is 3.82. The van der Waals surface area contributed by atoms with Crippen LogP contribution in [0, 0.1) is 5.92 Å². The fourth-order valence-electron chi connectivity index (χ4n) is 2.23. The lowest BCUT2D eigenvalue weighted by atomic mass is 9.97. The Morgan fingerprint density at radius 2 is 2.35 bits per heavy atom. The van der Waals surface area contributed by atoms with Crippen LogP contribution >= 0.6 is 11.3 Å². The molecule has 0 radical (unpaired) electrons. The molecule has 0 aromatic carbocycles. The highest BCUT2D eigenvalue weighted by molar-refractivity contribution is 7.09. The van der Waals surface area contributed by atoms with Crippen LogP contribution in [0.25, 0.3) is 0 Å². The van der Waals surface area contributed by atoms with Gasteiger partial charge in [-0.3, -0.25) is 4.79 Å². The van der Waals surface area contributed by atoms with E-state index in [0.29, 0.717) is 0 Å². The molecule has 4 heteroatoms. The zero-order chi connectivity index (χ0) is 12.1. The molecule has 1 aromatic heterocycles. The van der Waals surface area contributed by atoms with Gasteiger partial charge in [-0.1, -0.05) is 6.07 Å². The lowest BCUT2D eigenvalue weighted by molar-refractivity contribution is -0.126. The summed E-state index contributed by atoms with van der Waals surface area (Å²) in [7, 11) is 0. The monoisotopic (exact) mass is 252 g/mol. The molecule has 1 fully saturated rings. The molecule has 1 amide bonds. The van der Waals surface area contributed by atoms with E-state index in [1.807, 2.05) is 0 Å². The summed E-state index contributed by atoms with van der Waals surface area (Å²) in [5, 5.41) is 8.49. The smallest absolute Gasteiger partial charge is 0.223 e. The van der Waals surface area contributed by atoms with Crippen molar-refractivity contribution in [1.82, 2.24) is 10.6 Å². The van der Waals surface area contributed by atoms with E-state index in [9.17, 15) is 4.79 Å². The number of piperidine rings is 1. The number of hydrogen-bond donors (Lipinski definition) is 2. The maximum atomic E-state index is 12.0. The van der Waals surface area contributed by atoms with Gasteiger partial charge in [-0.15, -0.1) is 11.3 Å². The van der Waals surface area contributed by atoms with Crippen molar-refractivity contribution < 1.29 is 4.79 Å². The van der Waals surface area contributed by atoms with Crippen molar-refractivity contribution in [1.29, 1.82) is 0 Å². The van der Waals surface area contributed by atoms with Crippen molar-refractivity contribution in [2.24, 2.45) is 5.92 Å². The number of thiophene rings is 1. The molecule has 0 saturated carbocycles. The van der Waals surface area contributed by atoms with Crippen LogP contribution in [0.15, 0.2) is 17.5 Å². The fraction of sp³-hybridized carbons (Fsp3) is 0.615. The molecular formula is C13H20N2OS. The molecule has 0 spiro atoms. The van der Waals surface area contributed by atoms with Gasteiger partial charge in [0.1, 0.15) is 0 Å². The minimum atomic E-state index is 0.210. The first-order valence-corrected chi connectivity index (χ1v) is 7.17. The van der Waals surface area contributed by atoms with Crippen LogP contribution in [0.2, 0.25) is 0 Å². The average Bonchev–Trinajstić information content (AvgIpc) is 2.82. The van der Waals surface area contributed by atoms with Gasteiger partial charge in [-0.05, 0) is 44.3 Å². The Bertz CT molecular complexity index is 344. The Kier molecular flexibility index (Phi) is 4.57. The summed E-state index contributed by atoms with van der Waals surface area (Å²) in [6.07, 6.45) is 2.88. The van der Waals surface area contributed by atoms with Gasteiger partial charge >= 0.3 is 0 Å². The van der Waals surface area contributed by atoms with Crippen molar-refractivity contribution in [2.75, 3.05) is 13.1 Å². The van der Waals surface area contributed by atoms with E-state index in [2.05, 4.69) is 35.1 Å². The molecule has 1 saturated heterocycles.